The molecule has 0 unspecified atom stereocenters. The van der Waals surface area contributed by atoms with Crippen LogP contribution < -0.4 is 5.32 Å². The quantitative estimate of drug-likeness (QED) is 0.758. The van der Waals surface area contributed by atoms with Crippen molar-refractivity contribution < 1.29 is 9.90 Å². The summed E-state index contributed by atoms with van der Waals surface area (Å²) in [4.78, 5) is 16.6. The van der Waals surface area contributed by atoms with Gasteiger partial charge >= 0.3 is 5.97 Å². The number of rotatable bonds is 2. The van der Waals surface area contributed by atoms with Crippen molar-refractivity contribution in [1.82, 2.24) is 14.8 Å². The van der Waals surface area contributed by atoms with Crippen LogP contribution in [0.3, 0.4) is 0 Å². The second-order valence-electron chi connectivity index (χ2n) is 6.03. The number of nitrogens with one attached hydrogen (secondary N) is 1. The number of hydrogen-bond donors (Lipinski definition) is 2. The molecule has 1 aromatic heterocycles. The first-order valence-corrected chi connectivity index (χ1v) is 7.65. The molecule has 24 heavy (non-hydrogen) atoms. The van der Waals surface area contributed by atoms with E-state index in [2.05, 4.69) is 15.4 Å². The number of benzene rings is 2. The van der Waals surface area contributed by atoms with E-state index in [4.69, 9.17) is 0 Å². The van der Waals surface area contributed by atoms with Crippen molar-refractivity contribution in [1.29, 1.82) is 0 Å². The number of aliphatic carboxylic acids is 1. The lowest BCUT2D eigenvalue weighted by molar-refractivity contribution is -0.145. The molecule has 0 aliphatic carbocycles. The van der Waals surface area contributed by atoms with E-state index in [0.717, 1.165) is 22.4 Å². The van der Waals surface area contributed by atoms with Gasteiger partial charge in [-0.1, -0.05) is 36.4 Å². The summed E-state index contributed by atoms with van der Waals surface area (Å²) in [7, 11) is 0. The lowest BCUT2D eigenvalue weighted by Crippen LogP contribution is -2.49. The van der Waals surface area contributed by atoms with Gasteiger partial charge in [-0.25, -0.2) is 14.5 Å². The van der Waals surface area contributed by atoms with Crippen LogP contribution in [0.2, 0.25) is 0 Å². The minimum atomic E-state index is -1.39. The summed E-state index contributed by atoms with van der Waals surface area (Å²) in [5.41, 5.74) is 2.11. The van der Waals surface area contributed by atoms with E-state index in [1.54, 1.807) is 6.92 Å². The summed E-state index contributed by atoms with van der Waals surface area (Å²) >= 11 is 0. The van der Waals surface area contributed by atoms with Crippen LogP contribution >= 0.6 is 0 Å². The summed E-state index contributed by atoms with van der Waals surface area (Å²) in [6, 6.07) is 15.3. The third kappa shape index (κ3) is 1.93. The molecule has 4 rings (SSSR count). The maximum Gasteiger partial charge on any atom is 0.352 e. The molecule has 0 saturated heterocycles. The number of aromatic nitrogens is 3. The molecule has 0 radical (unpaired) electrons. The number of fused-ring (bicyclic) bond motifs is 3. The number of nitrogens with zero attached hydrogens (tertiary/aromatic N) is 3. The predicted octanol–water partition coefficient (Wildman–Crippen LogP) is 3.10. The summed E-state index contributed by atoms with van der Waals surface area (Å²) < 4.78 is 1.46. The fourth-order valence-electron chi connectivity index (χ4n) is 2.98. The molecule has 0 saturated carbocycles. The molecule has 1 atom stereocenters. The highest BCUT2D eigenvalue weighted by Crippen LogP contribution is 2.38. The molecule has 3 aromatic rings. The monoisotopic (exact) mass is 320 g/mol. The number of carboxylic acid groups (broad SMARTS) is 1. The highest BCUT2D eigenvalue weighted by atomic mass is 16.4. The first-order valence-electron chi connectivity index (χ1n) is 7.65. The fraction of sp³-hybridized carbons (Fsp3) is 0.167. The summed E-state index contributed by atoms with van der Waals surface area (Å²) in [5.74, 6) is 0.0565. The van der Waals surface area contributed by atoms with E-state index in [-0.39, 0.29) is 0 Å². The van der Waals surface area contributed by atoms with Gasteiger partial charge in [0.1, 0.15) is 0 Å². The second-order valence-corrected chi connectivity index (χ2v) is 6.03. The van der Waals surface area contributed by atoms with Crippen molar-refractivity contribution in [2.45, 2.75) is 19.5 Å². The number of aryl methyl sites for hydroxylation is 1. The Morgan fingerprint density at radius 3 is 2.50 bits per heavy atom. The van der Waals surface area contributed by atoms with Gasteiger partial charge in [-0.15, -0.1) is 5.10 Å². The Hall–Kier alpha value is -3.15. The normalized spacial score (nSPS) is 18.4. The Bertz CT molecular complexity index is 963. The van der Waals surface area contributed by atoms with Crippen LogP contribution in [0.1, 0.15) is 12.5 Å². The molecular weight excluding hydrogens is 304 g/mol. The van der Waals surface area contributed by atoms with E-state index < -0.39 is 11.6 Å². The van der Waals surface area contributed by atoms with Gasteiger partial charge in [0.2, 0.25) is 5.66 Å². The molecule has 1 aliphatic rings. The van der Waals surface area contributed by atoms with E-state index in [1.807, 2.05) is 55.5 Å². The lowest BCUT2D eigenvalue weighted by atomic mass is 10.0. The third-order valence-electron chi connectivity index (χ3n) is 4.38. The minimum Gasteiger partial charge on any atom is -0.478 e. The van der Waals surface area contributed by atoms with Gasteiger partial charge in [0.25, 0.3) is 0 Å². The predicted molar refractivity (Wildman–Crippen MR) is 90.5 cm³/mol. The highest BCUT2D eigenvalue weighted by Gasteiger charge is 2.43. The van der Waals surface area contributed by atoms with Crippen LogP contribution in [0.4, 0.5) is 5.69 Å². The van der Waals surface area contributed by atoms with Gasteiger partial charge in [-0.3, -0.25) is 0 Å². The zero-order valence-electron chi connectivity index (χ0n) is 13.3. The van der Waals surface area contributed by atoms with Gasteiger partial charge in [-0.05, 0) is 31.5 Å². The van der Waals surface area contributed by atoms with Crippen LogP contribution in [0.15, 0.2) is 48.5 Å². The van der Waals surface area contributed by atoms with Gasteiger partial charge < -0.3 is 10.4 Å². The Kier molecular flexibility index (Phi) is 2.96. The number of anilines is 1. The first kappa shape index (κ1) is 14.4. The van der Waals surface area contributed by atoms with Crippen molar-refractivity contribution in [3.8, 4) is 22.8 Å². The van der Waals surface area contributed by atoms with Crippen molar-refractivity contribution in [3.05, 3.63) is 54.1 Å². The molecule has 0 bridgehead atoms. The van der Waals surface area contributed by atoms with Gasteiger partial charge in [-0.2, -0.15) is 0 Å². The topological polar surface area (TPSA) is 80.0 Å². The molecule has 0 fully saturated rings. The van der Waals surface area contributed by atoms with Crippen LogP contribution in [-0.2, 0) is 10.5 Å². The average molecular weight is 320 g/mol. The molecule has 2 aromatic carbocycles. The zero-order chi connectivity index (χ0) is 16.9. The molecule has 6 nitrogen and oxygen atoms in total. The number of hydrogen-bond acceptors (Lipinski definition) is 4. The number of para-hydroxylation sites is 1. The second kappa shape index (κ2) is 4.92. The first-order chi connectivity index (χ1) is 11.5. The number of carbonyl (C=O) groups is 1. The lowest BCUT2D eigenvalue weighted by Gasteiger charge is -2.33. The Balaban J connectivity index is 1.99. The zero-order valence-corrected chi connectivity index (χ0v) is 13.3. The number of carboxylic acids is 1. The van der Waals surface area contributed by atoms with Crippen LogP contribution in [-0.4, -0.2) is 25.8 Å². The van der Waals surface area contributed by atoms with Crippen molar-refractivity contribution >= 4 is 11.7 Å². The van der Waals surface area contributed by atoms with Crippen molar-refractivity contribution in [2.75, 3.05) is 5.32 Å². The molecule has 2 N–H and O–H groups in total. The van der Waals surface area contributed by atoms with Gasteiger partial charge in [0, 0.05) is 16.8 Å². The summed E-state index contributed by atoms with van der Waals surface area (Å²) in [6.07, 6.45) is 0. The molecule has 0 spiro atoms. The maximum atomic E-state index is 11.9. The van der Waals surface area contributed by atoms with Crippen molar-refractivity contribution in [3.63, 3.8) is 0 Å². The smallest absolute Gasteiger partial charge is 0.352 e. The molecule has 6 heteroatoms. The Labute approximate surface area is 138 Å². The van der Waals surface area contributed by atoms with Gasteiger partial charge in [0.15, 0.2) is 11.6 Å². The molecule has 2 heterocycles. The Morgan fingerprint density at radius 1 is 1.12 bits per heavy atom. The molecule has 120 valence electrons. The maximum absolute atomic E-state index is 11.9. The van der Waals surface area contributed by atoms with Crippen LogP contribution in [0.25, 0.3) is 22.8 Å². The molecular formula is C18H16N4O2. The fourth-order valence-corrected chi connectivity index (χ4v) is 2.98. The molecule has 0 amide bonds. The van der Waals surface area contributed by atoms with E-state index in [9.17, 15) is 9.90 Å². The molecule has 1 aliphatic heterocycles. The minimum absolute atomic E-state index is 0.522. The SMILES string of the molecule is Cc1ccccc1-c1nc2n(n1)[C@@](C)(C(=O)O)Nc1ccccc1-2. The van der Waals surface area contributed by atoms with E-state index in [0.29, 0.717) is 11.6 Å². The van der Waals surface area contributed by atoms with Crippen LogP contribution in [0, 0.1) is 6.92 Å². The Morgan fingerprint density at radius 2 is 1.79 bits per heavy atom. The standard InChI is InChI=1S/C18H16N4O2/c1-11-7-3-4-8-12(11)15-19-16-13-9-5-6-10-14(13)20-18(2,17(23)24)22(16)21-15/h3-10,20H,1-2H3,(H,23,24)/t18-/m0/s1. The van der Waals surface area contributed by atoms with E-state index in [1.165, 1.54) is 4.68 Å². The highest BCUT2D eigenvalue weighted by molar-refractivity contribution is 5.87. The largest absolute Gasteiger partial charge is 0.478 e. The average Bonchev–Trinajstić information content (AvgIpc) is 3.01. The van der Waals surface area contributed by atoms with Crippen LogP contribution in [0.5, 0.6) is 0 Å². The summed E-state index contributed by atoms with van der Waals surface area (Å²) in [6.45, 7) is 3.57. The van der Waals surface area contributed by atoms with E-state index >= 15 is 0 Å². The third-order valence-corrected chi connectivity index (χ3v) is 4.38. The van der Waals surface area contributed by atoms with Gasteiger partial charge in [0.05, 0.1) is 0 Å². The van der Waals surface area contributed by atoms with Crippen molar-refractivity contribution in [2.24, 2.45) is 0 Å². The summed E-state index contributed by atoms with van der Waals surface area (Å²) in [5, 5.41) is 17.3.